The lowest BCUT2D eigenvalue weighted by atomic mass is 10.1. The van der Waals surface area contributed by atoms with Crippen LogP contribution in [0.2, 0.25) is 0 Å². The third kappa shape index (κ3) is 3.95. The maximum absolute atomic E-state index is 12.4. The van der Waals surface area contributed by atoms with Gasteiger partial charge in [-0.25, -0.2) is 0 Å². The minimum atomic E-state index is 0.0240. The second-order valence-electron chi connectivity index (χ2n) is 4.43. The molecule has 0 aromatic carbocycles. The monoisotopic (exact) mass is 301 g/mol. The molecule has 106 valence electrons. The quantitative estimate of drug-likeness (QED) is 0.864. The van der Waals surface area contributed by atoms with E-state index in [0.717, 1.165) is 10.6 Å². The van der Waals surface area contributed by atoms with Gasteiger partial charge in [0.15, 0.2) is 0 Å². The van der Waals surface area contributed by atoms with E-state index in [1.807, 2.05) is 12.1 Å². The molecular formula is C13H19NO3S2. The minimum Gasteiger partial charge on any atom is -0.396 e. The van der Waals surface area contributed by atoms with E-state index in [4.69, 9.17) is 4.74 Å². The summed E-state index contributed by atoms with van der Waals surface area (Å²) >= 11 is 3.30. The van der Waals surface area contributed by atoms with E-state index in [1.54, 1.807) is 28.0 Å². The summed E-state index contributed by atoms with van der Waals surface area (Å²) in [4.78, 5) is 15.0. The molecule has 2 heterocycles. The van der Waals surface area contributed by atoms with Crippen LogP contribution in [0.25, 0.3) is 0 Å². The summed E-state index contributed by atoms with van der Waals surface area (Å²) in [6, 6.07) is 3.90. The molecule has 6 heteroatoms. The van der Waals surface area contributed by atoms with Crippen molar-refractivity contribution in [1.82, 2.24) is 4.90 Å². The standard InChI is InChI=1S/C13H19NO3S2/c1-2-18-12-4-3-11(19-12)13(16)14-5-6-17-9-10(7-14)8-15/h3-4,10,15H,2,5-9H2,1H3/t10-/m1/s1. The van der Waals surface area contributed by atoms with Gasteiger partial charge >= 0.3 is 0 Å². The topological polar surface area (TPSA) is 49.8 Å². The van der Waals surface area contributed by atoms with E-state index >= 15 is 0 Å². The first-order chi connectivity index (χ1) is 9.24. The molecule has 1 fully saturated rings. The fourth-order valence-electron chi connectivity index (χ4n) is 1.99. The molecule has 19 heavy (non-hydrogen) atoms. The van der Waals surface area contributed by atoms with Gasteiger partial charge in [-0.05, 0) is 17.9 Å². The molecule has 1 aliphatic heterocycles. The zero-order valence-corrected chi connectivity index (χ0v) is 12.6. The van der Waals surface area contributed by atoms with E-state index in [-0.39, 0.29) is 18.4 Å². The number of hydrogen-bond acceptors (Lipinski definition) is 5. The number of thioether (sulfide) groups is 1. The van der Waals surface area contributed by atoms with Crippen molar-refractivity contribution in [2.45, 2.75) is 11.1 Å². The average Bonchev–Trinajstić information content (AvgIpc) is 2.75. The molecule has 1 aliphatic rings. The summed E-state index contributed by atoms with van der Waals surface area (Å²) in [5, 5.41) is 9.24. The molecule has 0 unspecified atom stereocenters. The van der Waals surface area contributed by atoms with Crippen molar-refractivity contribution in [3.63, 3.8) is 0 Å². The van der Waals surface area contributed by atoms with Crippen LogP contribution >= 0.6 is 23.1 Å². The summed E-state index contributed by atoms with van der Waals surface area (Å²) in [5.41, 5.74) is 0. The number of ether oxygens (including phenoxy) is 1. The number of thiophene rings is 1. The highest BCUT2D eigenvalue weighted by Gasteiger charge is 2.23. The molecule has 0 radical (unpaired) electrons. The van der Waals surface area contributed by atoms with Gasteiger partial charge in [0.25, 0.3) is 5.91 Å². The van der Waals surface area contributed by atoms with E-state index in [2.05, 4.69) is 6.92 Å². The summed E-state index contributed by atoms with van der Waals surface area (Å²) in [5.74, 6) is 1.09. The van der Waals surface area contributed by atoms with Crippen LogP contribution in [0.15, 0.2) is 16.3 Å². The zero-order chi connectivity index (χ0) is 13.7. The molecule has 1 aromatic rings. The van der Waals surface area contributed by atoms with Gasteiger partial charge in [0.2, 0.25) is 0 Å². The Morgan fingerprint density at radius 1 is 1.63 bits per heavy atom. The van der Waals surface area contributed by atoms with Gasteiger partial charge in [-0.15, -0.1) is 23.1 Å². The van der Waals surface area contributed by atoms with Crippen LogP contribution in [-0.4, -0.2) is 54.6 Å². The number of carbonyl (C=O) groups excluding carboxylic acids is 1. The van der Waals surface area contributed by atoms with E-state index in [9.17, 15) is 9.90 Å². The Hall–Kier alpha value is -0.560. The van der Waals surface area contributed by atoms with E-state index < -0.39 is 0 Å². The SMILES string of the molecule is CCSc1ccc(C(=O)N2CCOC[C@@H](CO)C2)s1. The maximum atomic E-state index is 12.4. The first-order valence-corrected chi connectivity index (χ1v) is 8.25. The van der Waals surface area contributed by atoms with Crippen molar-refractivity contribution >= 4 is 29.0 Å². The lowest BCUT2D eigenvalue weighted by Crippen LogP contribution is -2.36. The van der Waals surface area contributed by atoms with Gasteiger partial charge in [-0.3, -0.25) is 4.79 Å². The second-order valence-corrected chi connectivity index (χ2v) is 7.07. The molecule has 1 aromatic heterocycles. The first kappa shape index (κ1) is 14.8. The lowest BCUT2D eigenvalue weighted by molar-refractivity contribution is 0.0733. The van der Waals surface area contributed by atoms with Crippen molar-refractivity contribution in [2.24, 2.45) is 5.92 Å². The third-order valence-electron chi connectivity index (χ3n) is 2.96. The lowest BCUT2D eigenvalue weighted by Gasteiger charge is -2.21. The Bertz CT molecular complexity index is 422. The van der Waals surface area contributed by atoms with Crippen molar-refractivity contribution in [3.05, 3.63) is 17.0 Å². The number of amides is 1. The molecule has 1 saturated heterocycles. The normalized spacial score (nSPS) is 20.3. The predicted molar refractivity (Wildman–Crippen MR) is 78.0 cm³/mol. The minimum absolute atomic E-state index is 0.0240. The second kappa shape index (κ2) is 7.28. The molecule has 4 nitrogen and oxygen atoms in total. The largest absolute Gasteiger partial charge is 0.396 e. The number of aliphatic hydroxyl groups is 1. The first-order valence-electron chi connectivity index (χ1n) is 6.45. The summed E-state index contributed by atoms with van der Waals surface area (Å²) in [6.45, 7) is 4.41. The van der Waals surface area contributed by atoms with Crippen LogP contribution in [0.1, 0.15) is 16.6 Å². The van der Waals surface area contributed by atoms with Crippen molar-refractivity contribution in [1.29, 1.82) is 0 Å². The molecule has 0 spiro atoms. The Labute approximate surface area is 121 Å². The van der Waals surface area contributed by atoms with Gasteiger partial charge in [0.1, 0.15) is 0 Å². The molecule has 1 N–H and O–H groups in total. The van der Waals surface area contributed by atoms with Gasteiger partial charge in [0.05, 0.1) is 22.3 Å². The Balaban J connectivity index is 2.04. The number of carbonyl (C=O) groups is 1. The Morgan fingerprint density at radius 3 is 3.21 bits per heavy atom. The van der Waals surface area contributed by atoms with Crippen LogP contribution in [0.5, 0.6) is 0 Å². The van der Waals surface area contributed by atoms with Crippen LogP contribution in [0.4, 0.5) is 0 Å². The smallest absolute Gasteiger partial charge is 0.264 e. The molecule has 2 rings (SSSR count). The highest BCUT2D eigenvalue weighted by Crippen LogP contribution is 2.28. The predicted octanol–water partition coefficient (Wildman–Crippen LogP) is 1.94. The molecule has 0 aliphatic carbocycles. The number of aliphatic hydroxyl groups excluding tert-OH is 1. The van der Waals surface area contributed by atoms with Gasteiger partial charge in [0, 0.05) is 25.6 Å². The third-order valence-corrected chi connectivity index (χ3v) is 5.14. The molecule has 1 amide bonds. The van der Waals surface area contributed by atoms with Crippen LogP contribution in [0, 0.1) is 5.92 Å². The molecule has 0 saturated carbocycles. The van der Waals surface area contributed by atoms with Crippen LogP contribution < -0.4 is 0 Å². The van der Waals surface area contributed by atoms with Gasteiger partial charge in [-0.1, -0.05) is 6.92 Å². The Kier molecular flexibility index (Phi) is 5.69. The fourth-order valence-corrected chi connectivity index (χ4v) is 4.00. The molecule has 1 atom stereocenters. The van der Waals surface area contributed by atoms with Crippen molar-refractivity contribution < 1.29 is 14.6 Å². The van der Waals surface area contributed by atoms with Gasteiger partial charge in [-0.2, -0.15) is 0 Å². The average molecular weight is 301 g/mol. The van der Waals surface area contributed by atoms with E-state index in [0.29, 0.717) is 26.3 Å². The summed E-state index contributed by atoms with van der Waals surface area (Å²) in [7, 11) is 0. The van der Waals surface area contributed by atoms with Crippen LogP contribution in [0.3, 0.4) is 0 Å². The highest BCUT2D eigenvalue weighted by atomic mass is 32.2. The molecular weight excluding hydrogens is 282 g/mol. The fraction of sp³-hybridized carbons (Fsp3) is 0.615. The van der Waals surface area contributed by atoms with E-state index in [1.165, 1.54) is 4.21 Å². The zero-order valence-electron chi connectivity index (χ0n) is 11.0. The van der Waals surface area contributed by atoms with Crippen molar-refractivity contribution in [3.8, 4) is 0 Å². The van der Waals surface area contributed by atoms with Gasteiger partial charge < -0.3 is 14.7 Å². The maximum Gasteiger partial charge on any atom is 0.264 e. The Morgan fingerprint density at radius 2 is 2.47 bits per heavy atom. The molecule has 0 bridgehead atoms. The summed E-state index contributed by atoms with van der Waals surface area (Å²) in [6.07, 6.45) is 0. The highest BCUT2D eigenvalue weighted by molar-refractivity contribution is 8.01. The number of hydrogen-bond donors (Lipinski definition) is 1. The van der Waals surface area contributed by atoms with Crippen molar-refractivity contribution in [2.75, 3.05) is 38.7 Å². The van der Waals surface area contributed by atoms with Crippen LogP contribution in [-0.2, 0) is 4.74 Å². The number of rotatable bonds is 4. The summed E-state index contributed by atoms with van der Waals surface area (Å²) < 4.78 is 6.58. The number of nitrogens with zero attached hydrogens (tertiary/aromatic N) is 1.